The number of hydrogen-bond donors (Lipinski definition) is 1. The van der Waals surface area contributed by atoms with Gasteiger partial charge in [0.2, 0.25) is 0 Å². The Morgan fingerprint density at radius 3 is 2.88 bits per heavy atom. The maximum absolute atomic E-state index is 13.2. The second kappa shape index (κ2) is 4.81. The first-order valence-corrected chi connectivity index (χ1v) is 5.62. The number of rotatable bonds is 3. The summed E-state index contributed by atoms with van der Waals surface area (Å²) in [6.07, 6.45) is 2.45. The molecule has 2 N–H and O–H groups in total. The number of nitrogens with zero attached hydrogens (tertiary/aromatic N) is 3. The van der Waals surface area contributed by atoms with Crippen molar-refractivity contribution in [2.24, 2.45) is 5.73 Å². The van der Waals surface area contributed by atoms with Crippen molar-refractivity contribution < 1.29 is 4.39 Å². The summed E-state index contributed by atoms with van der Waals surface area (Å²) in [4.78, 5) is 0. The van der Waals surface area contributed by atoms with Crippen molar-refractivity contribution in [1.82, 2.24) is 15.0 Å². The predicted octanol–water partition coefficient (Wildman–Crippen LogP) is 2.47. The quantitative estimate of drug-likeness (QED) is 0.915. The standard InChI is InChI=1S/C11H12ClFN4/c1-2-10(14)11-6-17(16-15-11)9-4-7(12)3-8(13)5-9/h3-6,10H,2,14H2,1H3. The molecule has 1 unspecified atom stereocenters. The molecule has 0 bridgehead atoms. The van der Waals surface area contributed by atoms with E-state index in [9.17, 15) is 4.39 Å². The van der Waals surface area contributed by atoms with Gasteiger partial charge >= 0.3 is 0 Å². The van der Waals surface area contributed by atoms with Crippen LogP contribution in [-0.2, 0) is 0 Å². The van der Waals surface area contributed by atoms with Crippen molar-refractivity contribution in [3.63, 3.8) is 0 Å². The van der Waals surface area contributed by atoms with Crippen LogP contribution >= 0.6 is 11.6 Å². The molecular formula is C11H12ClFN4. The Labute approximate surface area is 103 Å². The van der Waals surface area contributed by atoms with Crippen molar-refractivity contribution in [2.45, 2.75) is 19.4 Å². The topological polar surface area (TPSA) is 56.7 Å². The molecule has 1 aromatic heterocycles. The molecule has 90 valence electrons. The summed E-state index contributed by atoms with van der Waals surface area (Å²) in [5, 5.41) is 8.16. The molecule has 1 atom stereocenters. The third kappa shape index (κ3) is 2.62. The van der Waals surface area contributed by atoms with Crippen LogP contribution in [0.2, 0.25) is 5.02 Å². The number of halogens is 2. The van der Waals surface area contributed by atoms with Crippen molar-refractivity contribution in [3.8, 4) is 5.69 Å². The highest BCUT2D eigenvalue weighted by atomic mass is 35.5. The number of aromatic nitrogens is 3. The Bertz CT molecular complexity index is 506. The van der Waals surface area contributed by atoms with Gasteiger partial charge in [0.1, 0.15) is 5.82 Å². The first-order chi connectivity index (χ1) is 8.10. The van der Waals surface area contributed by atoms with Gasteiger partial charge in [0.15, 0.2) is 0 Å². The summed E-state index contributed by atoms with van der Waals surface area (Å²) >= 11 is 5.77. The fourth-order valence-electron chi connectivity index (χ4n) is 1.45. The Balaban J connectivity index is 2.36. The second-order valence-electron chi connectivity index (χ2n) is 3.73. The van der Waals surface area contributed by atoms with Gasteiger partial charge < -0.3 is 5.73 Å². The lowest BCUT2D eigenvalue weighted by molar-refractivity contribution is 0.625. The normalized spacial score (nSPS) is 12.7. The van der Waals surface area contributed by atoms with Crippen molar-refractivity contribution >= 4 is 11.6 Å². The van der Waals surface area contributed by atoms with Gasteiger partial charge in [0.25, 0.3) is 0 Å². The summed E-state index contributed by atoms with van der Waals surface area (Å²) in [6, 6.07) is 4.02. The molecule has 2 rings (SSSR count). The van der Waals surface area contributed by atoms with Crippen LogP contribution in [0.5, 0.6) is 0 Å². The highest BCUT2D eigenvalue weighted by molar-refractivity contribution is 6.30. The molecule has 4 nitrogen and oxygen atoms in total. The second-order valence-corrected chi connectivity index (χ2v) is 4.17. The molecule has 0 amide bonds. The molecule has 0 aliphatic carbocycles. The zero-order chi connectivity index (χ0) is 12.4. The molecule has 0 spiro atoms. The molecule has 1 heterocycles. The minimum absolute atomic E-state index is 0.159. The number of nitrogens with two attached hydrogens (primary N) is 1. The van der Waals surface area contributed by atoms with E-state index in [0.29, 0.717) is 16.4 Å². The first-order valence-electron chi connectivity index (χ1n) is 5.24. The largest absolute Gasteiger partial charge is 0.323 e. The van der Waals surface area contributed by atoms with Gasteiger partial charge in [-0.25, -0.2) is 9.07 Å². The molecule has 0 aliphatic rings. The van der Waals surface area contributed by atoms with Crippen LogP contribution in [0.15, 0.2) is 24.4 Å². The molecule has 17 heavy (non-hydrogen) atoms. The Kier molecular flexibility index (Phi) is 3.40. The Morgan fingerprint density at radius 1 is 1.47 bits per heavy atom. The molecule has 0 fully saturated rings. The lowest BCUT2D eigenvalue weighted by atomic mass is 10.2. The predicted molar refractivity (Wildman–Crippen MR) is 63.5 cm³/mol. The van der Waals surface area contributed by atoms with Gasteiger partial charge in [-0.15, -0.1) is 5.10 Å². The van der Waals surface area contributed by atoms with Crippen LogP contribution < -0.4 is 5.73 Å². The summed E-state index contributed by atoms with van der Waals surface area (Å²) < 4.78 is 14.6. The van der Waals surface area contributed by atoms with Gasteiger partial charge in [-0.05, 0) is 24.6 Å². The third-order valence-electron chi connectivity index (χ3n) is 2.44. The minimum Gasteiger partial charge on any atom is -0.323 e. The first kappa shape index (κ1) is 12.0. The molecule has 6 heteroatoms. The molecular weight excluding hydrogens is 243 g/mol. The maximum Gasteiger partial charge on any atom is 0.126 e. The molecule has 0 radical (unpaired) electrons. The summed E-state index contributed by atoms with van der Waals surface area (Å²) in [7, 11) is 0. The van der Waals surface area contributed by atoms with Crippen molar-refractivity contribution in [3.05, 3.63) is 40.9 Å². The van der Waals surface area contributed by atoms with Crippen LogP contribution in [0.1, 0.15) is 25.1 Å². The molecule has 1 aromatic carbocycles. The fourth-order valence-corrected chi connectivity index (χ4v) is 1.67. The van der Waals surface area contributed by atoms with Crippen LogP contribution in [0.3, 0.4) is 0 Å². The maximum atomic E-state index is 13.2. The summed E-state index contributed by atoms with van der Waals surface area (Å²) in [6.45, 7) is 1.96. The highest BCUT2D eigenvalue weighted by Crippen LogP contribution is 2.18. The van der Waals surface area contributed by atoms with Gasteiger partial charge in [0, 0.05) is 5.02 Å². The SMILES string of the molecule is CCC(N)c1cn(-c2cc(F)cc(Cl)c2)nn1. The molecule has 0 aliphatic heterocycles. The van der Waals surface area contributed by atoms with Gasteiger partial charge in [-0.3, -0.25) is 0 Å². The van der Waals surface area contributed by atoms with Crippen LogP contribution in [0.25, 0.3) is 5.69 Å². The molecule has 2 aromatic rings. The molecule has 0 saturated heterocycles. The van der Waals surface area contributed by atoms with Crippen LogP contribution in [0, 0.1) is 5.82 Å². The van der Waals surface area contributed by atoms with Crippen LogP contribution in [-0.4, -0.2) is 15.0 Å². The monoisotopic (exact) mass is 254 g/mol. The van der Waals surface area contributed by atoms with E-state index in [1.807, 2.05) is 6.92 Å². The van der Waals surface area contributed by atoms with Crippen molar-refractivity contribution in [1.29, 1.82) is 0 Å². The van der Waals surface area contributed by atoms with E-state index in [4.69, 9.17) is 17.3 Å². The van der Waals surface area contributed by atoms with Gasteiger partial charge in [0.05, 0.1) is 23.6 Å². The Hall–Kier alpha value is -1.46. The highest BCUT2D eigenvalue weighted by Gasteiger charge is 2.10. The smallest absolute Gasteiger partial charge is 0.126 e. The third-order valence-corrected chi connectivity index (χ3v) is 2.66. The fraction of sp³-hybridized carbons (Fsp3) is 0.273. The number of benzene rings is 1. The van der Waals surface area contributed by atoms with E-state index in [1.165, 1.54) is 16.8 Å². The summed E-state index contributed by atoms with van der Waals surface area (Å²) in [5.41, 5.74) is 7.03. The van der Waals surface area contributed by atoms with E-state index >= 15 is 0 Å². The minimum atomic E-state index is -0.413. The summed E-state index contributed by atoms with van der Waals surface area (Å²) in [5.74, 6) is -0.413. The molecule has 0 saturated carbocycles. The van der Waals surface area contributed by atoms with E-state index < -0.39 is 5.82 Å². The van der Waals surface area contributed by atoms with E-state index in [-0.39, 0.29) is 6.04 Å². The van der Waals surface area contributed by atoms with E-state index in [0.717, 1.165) is 6.42 Å². The lowest BCUT2D eigenvalue weighted by Gasteiger charge is -2.03. The van der Waals surface area contributed by atoms with Crippen molar-refractivity contribution in [2.75, 3.05) is 0 Å². The zero-order valence-corrected chi connectivity index (χ0v) is 10.0. The van der Waals surface area contributed by atoms with Gasteiger partial charge in [-0.1, -0.05) is 23.7 Å². The lowest BCUT2D eigenvalue weighted by Crippen LogP contribution is -2.08. The van der Waals surface area contributed by atoms with Gasteiger partial charge in [-0.2, -0.15) is 0 Å². The average molecular weight is 255 g/mol. The average Bonchev–Trinajstić information content (AvgIpc) is 2.76. The van der Waals surface area contributed by atoms with E-state index in [1.54, 1.807) is 12.3 Å². The van der Waals surface area contributed by atoms with E-state index in [2.05, 4.69) is 10.3 Å². The zero-order valence-electron chi connectivity index (χ0n) is 9.27. The number of hydrogen-bond acceptors (Lipinski definition) is 3. The van der Waals surface area contributed by atoms with Crippen LogP contribution in [0.4, 0.5) is 4.39 Å². The Morgan fingerprint density at radius 2 is 2.24 bits per heavy atom.